The molecule has 0 bridgehead atoms. The number of amides is 2. The number of carbonyl (C=O) groups is 1. The zero-order valence-electron chi connectivity index (χ0n) is 14.4. The average Bonchev–Trinajstić information content (AvgIpc) is 3.19. The largest absolute Gasteiger partial charge is 0.338 e. The van der Waals surface area contributed by atoms with Gasteiger partial charge >= 0.3 is 6.03 Å². The molecule has 2 rings (SSSR count). The molecule has 2 N–H and O–H groups in total. The van der Waals surface area contributed by atoms with E-state index in [1.165, 1.54) is 0 Å². The number of rotatable bonds is 9. The summed E-state index contributed by atoms with van der Waals surface area (Å²) in [6.07, 6.45) is 3.67. The second kappa shape index (κ2) is 9.68. The van der Waals surface area contributed by atoms with Crippen molar-refractivity contribution in [2.75, 3.05) is 12.8 Å². The van der Waals surface area contributed by atoms with Crippen LogP contribution >= 0.6 is 23.1 Å². The molecule has 2 aromatic rings. The predicted molar refractivity (Wildman–Crippen MR) is 99.5 cm³/mol. The maximum atomic E-state index is 11.8. The monoisotopic (exact) mass is 367 g/mol. The summed E-state index contributed by atoms with van der Waals surface area (Å²) in [5.74, 6) is 1.54. The summed E-state index contributed by atoms with van der Waals surface area (Å²) in [5, 5.41) is 17.2. The zero-order valence-corrected chi connectivity index (χ0v) is 16.0. The maximum Gasteiger partial charge on any atom is 0.315 e. The van der Waals surface area contributed by atoms with Gasteiger partial charge in [0.2, 0.25) is 0 Å². The van der Waals surface area contributed by atoms with Gasteiger partial charge < -0.3 is 15.2 Å². The minimum Gasteiger partial charge on any atom is -0.338 e. The number of nitrogens with one attached hydrogen (secondary N) is 2. The lowest BCUT2D eigenvalue weighted by atomic mass is 10.2. The van der Waals surface area contributed by atoms with Crippen LogP contribution in [0, 0.1) is 5.92 Å². The first-order chi connectivity index (χ1) is 11.6. The molecule has 0 aromatic carbocycles. The van der Waals surface area contributed by atoms with Gasteiger partial charge in [-0.3, -0.25) is 0 Å². The zero-order chi connectivity index (χ0) is 17.4. The van der Waals surface area contributed by atoms with Crippen LogP contribution in [0.3, 0.4) is 0 Å². The second-order valence-electron chi connectivity index (χ2n) is 5.90. The van der Waals surface area contributed by atoms with E-state index in [1.54, 1.807) is 23.1 Å². The van der Waals surface area contributed by atoms with Crippen LogP contribution in [-0.2, 0) is 19.5 Å². The number of urea groups is 1. The minimum absolute atomic E-state index is 0.128. The van der Waals surface area contributed by atoms with Crippen molar-refractivity contribution in [2.45, 2.75) is 44.9 Å². The molecule has 8 heteroatoms. The molecule has 2 amide bonds. The highest BCUT2D eigenvalue weighted by Gasteiger charge is 2.12. The molecule has 6 nitrogen and oxygen atoms in total. The van der Waals surface area contributed by atoms with Gasteiger partial charge in [0.1, 0.15) is 5.82 Å². The molecule has 0 aliphatic heterocycles. The van der Waals surface area contributed by atoms with Crippen LogP contribution in [0.1, 0.15) is 31.0 Å². The van der Waals surface area contributed by atoms with Gasteiger partial charge in [-0.25, -0.2) is 4.79 Å². The number of thiophene rings is 1. The van der Waals surface area contributed by atoms with Crippen LogP contribution in [0.25, 0.3) is 0 Å². The van der Waals surface area contributed by atoms with Crippen molar-refractivity contribution in [1.29, 1.82) is 0 Å². The van der Waals surface area contributed by atoms with Crippen molar-refractivity contribution >= 4 is 29.1 Å². The van der Waals surface area contributed by atoms with Gasteiger partial charge in [-0.15, -0.1) is 21.5 Å². The third kappa shape index (κ3) is 5.83. The number of hydrogen-bond acceptors (Lipinski definition) is 5. The highest BCUT2D eigenvalue weighted by molar-refractivity contribution is 7.98. The van der Waals surface area contributed by atoms with Gasteiger partial charge in [0.15, 0.2) is 5.16 Å². The molecule has 0 saturated carbocycles. The summed E-state index contributed by atoms with van der Waals surface area (Å²) in [5.41, 5.74) is 0. The number of aryl methyl sites for hydroxylation is 1. The number of carbonyl (C=O) groups excluding carboxylic acids is 1. The van der Waals surface area contributed by atoms with E-state index in [9.17, 15) is 4.79 Å². The third-order valence-electron chi connectivity index (χ3n) is 3.39. The Balaban J connectivity index is 1.72. The molecule has 0 saturated heterocycles. The van der Waals surface area contributed by atoms with Gasteiger partial charge in [0.05, 0.1) is 6.54 Å². The summed E-state index contributed by atoms with van der Waals surface area (Å²) in [4.78, 5) is 12.9. The topological polar surface area (TPSA) is 71.8 Å². The molecule has 0 aliphatic carbocycles. The number of thioether (sulfide) groups is 1. The van der Waals surface area contributed by atoms with Crippen LogP contribution in [0.4, 0.5) is 4.79 Å². The first-order valence-corrected chi connectivity index (χ1v) is 10.2. The van der Waals surface area contributed by atoms with Crippen LogP contribution in [0.15, 0.2) is 22.7 Å². The van der Waals surface area contributed by atoms with E-state index in [0.717, 1.165) is 35.2 Å². The lowest BCUT2D eigenvalue weighted by Gasteiger charge is -2.12. The van der Waals surface area contributed by atoms with Crippen LogP contribution in [0.2, 0.25) is 0 Å². The molecule has 24 heavy (non-hydrogen) atoms. The molecular weight excluding hydrogens is 342 g/mol. The van der Waals surface area contributed by atoms with Crippen LogP contribution in [0.5, 0.6) is 0 Å². The molecule has 0 unspecified atom stereocenters. The molecule has 0 fully saturated rings. The van der Waals surface area contributed by atoms with Crippen molar-refractivity contribution in [3.8, 4) is 0 Å². The fourth-order valence-corrected chi connectivity index (χ4v) is 3.46. The molecule has 0 radical (unpaired) electrons. The van der Waals surface area contributed by atoms with E-state index in [-0.39, 0.29) is 6.03 Å². The SMILES string of the molecule is CSc1nnc(CCCNC(=O)NCc2cccs2)n1CC(C)C. The predicted octanol–water partition coefficient (Wildman–Crippen LogP) is 3.15. The molecular formula is C16H25N5OS2. The van der Waals surface area contributed by atoms with Crippen molar-refractivity contribution in [2.24, 2.45) is 5.92 Å². The Labute approximate surface area is 151 Å². The van der Waals surface area contributed by atoms with E-state index < -0.39 is 0 Å². The Kier molecular flexibility index (Phi) is 7.58. The van der Waals surface area contributed by atoms with Crippen molar-refractivity contribution in [3.05, 3.63) is 28.2 Å². The van der Waals surface area contributed by atoms with E-state index in [4.69, 9.17) is 0 Å². The molecule has 0 atom stereocenters. The third-order valence-corrected chi connectivity index (χ3v) is 4.93. The van der Waals surface area contributed by atoms with E-state index >= 15 is 0 Å². The number of hydrogen-bond donors (Lipinski definition) is 2. The lowest BCUT2D eigenvalue weighted by molar-refractivity contribution is 0.240. The normalized spacial score (nSPS) is 11.0. The fraction of sp³-hybridized carbons (Fsp3) is 0.562. The average molecular weight is 368 g/mol. The van der Waals surface area contributed by atoms with Crippen LogP contribution in [-0.4, -0.2) is 33.6 Å². The Morgan fingerprint density at radius 1 is 1.38 bits per heavy atom. The number of aromatic nitrogens is 3. The Morgan fingerprint density at radius 3 is 2.88 bits per heavy atom. The standard InChI is InChI=1S/C16H25N5OS2/c1-12(2)11-21-14(19-20-16(21)23-3)7-4-8-17-15(22)18-10-13-6-5-9-24-13/h5-6,9,12H,4,7-8,10-11H2,1-3H3,(H2,17,18,22). The van der Waals surface area contributed by atoms with E-state index in [1.807, 2.05) is 23.8 Å². The molecule has 0 spiro atoms. The summed E-state index contributed by atoms with van der Waals surface area (Å²) in [6.45, 7) is 6.50. The maximum absolute atomic E-state index is 11.8. The van der Waals surface area contributed by atoms with Gasteiger partial charge in [0, 0.05) is 24.4 Å². The van der Waals surface area contributed by atoms with Gasteiger partial charge in [-0.1, -0.05) is 31.7 Å². The molecule has 0 aliphatic rings. The molecule has 132 valence electrons. The summed E-state index contributed by atoms with van der Waals surface area (Å²) >= 11 is 3.26. The van der Waals surface area contributed by atoms with Gasteiger partial charge in [-0.2, -0.15) is 0 Å². The second-order valence-corrected chi connectivity index (χ2v) is 7.71. The van der Waals surface area contributed by atoms with Gasteiger partial charge in [0.25, 0.3) is 0 Å². The Morgan fingerprint density at radius 2 is 2.21 bits per heavy atom. The first kappa shape index (κ1) is 18.8. The first-order valence-electron chi connectivity index (χ1n) is 8.10. The fourth-order valence-electron chi connectivity index (χ4n) is 2.29. The van der Waals surface area contributed by atoms with Crippen molar-refractivity contribution < 1.29 is 4.79 Å². The summed E-state index contributed by atoms with van der Waals surface area (Å²) in [7, 11) is 0. The summed E-state index contributed by atoms with van der Waals surface area (Å²) in [6, 6.07) is 3.86. The molecule has 2 aromatic heterocycles. The van der Waals surface area contributed by atoms with Gasteiger partial charge in [-0.05, 0) is 30.0 Å². The van der Waals surface area contributed by atoms with Crippen LogP contribution < -0.4 is 10.6 Å². The lowest BCUT2D eigenvalue weighted by Crippen LogP contribution is -2.35. The highest BCUT2D eigenvalue weighted by atomic mass is 32.2. The molecule has 2 heterocycles. The minimum atomic E-state index is -0.128. The van der Waals surface area contributed by atoms with Crippen molar-refractivity contribution in [3.63, 3.8) is 0 Å². The van der Waals surface area contributed by atoms with E-state index in [0.29, 0.717) is 19.0 Å². The highest BCUT2D eigenvalue weighted by Crippen LogP contribution is 2.16. The number of nitrogens with zero attached hydrogens (tertiary/aromatic N) is 3. The summed E-state index contributed by atoms with van der Waals surface area (Å²) < 4.78 is 2.19. The van der Waals surface area contributed by atoms with Crippen molar-refractivity contribution in [1.82, 2.24) is 25.4 Å². The van der Waals surface area contributed by atoms with E-state index in [2.05, 4.69) is 39.2 Å². The smallest absolute Gasteiger partial charge is 0.315 e. The Bertz CT molecular complexity index is 624. The Hall–Kier alpha value is -1.54. The quantitative estimate of drug-likeness (QED) is 0.527.